The van der Waals surface area contributed by atoms with Gasteiger partial charge in [-0.1, -0.05) is 27.7 Å². The second-order valence-corrected chi connectivity index (χ2v) is 15.0. The second kappa shape index (κ2) is 9.08. The van der Waals surface area contributed by atoms with E-state index in [0.717, 1.165) is 38.6 Å². The van der Waals surface area contributed by atoms with Crippen LogP contribution in [0.15, 0.2) is 42.5 Å². The molecule has 30 heavy (non-hydrogen) atoms. The fraction of sp³-hybridized carbons (Fsp3) is 0.458. The Labute approximate surface area is 185 Å². The van der Waals surface area contributed by atoms with Gasteiger partial charge in [0.05, 0.1) is 16.3 Å². The molecule has 6 heteroatoms. The van der Waals surface area contributed by atoms with Gasteiger partial charge in [-0.2, -0.15) is 0 Å². The van der Waals surface area contributed by atoms with E-state index in [2.05, 4.69) is 76.4 Å². The van der Waals surface area contributed by atoms with Crippen molar-refractivity contribution in [1.29, 1.82) is 0 Å². The number of hydrogen-bond acceptors (Lipinski definition) is 5. The van der Waals surface area contributed by atoms with Crippen molar-refractivity contribution in [3.8, 4) is 16.3 Å². The summed E-state index contributed by atoms with van der Waals surface area (Å²) in [6.07, 6.45) is 1.06. The van der Waals surface area contributed by atoms with Crippen molar-refractivity contribution >= 4 is 35.6 Å². The molecule has 162 valence electrons. The highest BCUT2D eigenvalue weighted by atomic mass is 32.1. The van der Waals surface area contributed by atoms with Crippen molar-refractivity contribution in [2.24, 2.45) is 0 Å². The van der Waals surface area contributed by atoms with E-state index < -0.39 is 8.32 Å². The Morgan fingerprint density at radius 2 is 1.80 bits per heavy atom. The van der Waals surface area contributed by atoms with E-state index in [0.29, 0.717) is 6.61 Å². The molecule has 3 aromatic rings. The molecule has 0 unspecified atom stereocenters. The molecule has 1 N–H and O–H groups in total. The van der Waals surface area contributed by atoms with E-state index >= 15 is 0 Å². The number of thiazole rings is 1. The summed E-state index contributed by atoms with van der Waals surface area (Å²) in [5, 5.41) is 4.37. The van der Waals surface area contributed by atoms with Crippen LogP contribution in [0, 0.1) is 0 Å². The Bertz CT molecular complexity index is 977. The Morgan fingerprint density at radius 3 is 2.40 bits per heavy atom. The lowest BCUT2D eigenvalue weighted by molar-refractivity contribution is 0.112. The van der Waals surface area contributed by atoms with Gasteiger partial charge in [-0.3, -0.25) is 0 Å². The molecule has 1 aromatic heterocycles. The smallest absolute Gasteiger partial charge is 0.192 e. The Morgan fingerprint density at radius 1 is 1.10 bits per heavy atom. The number of anilines is 1. The summed E-state index contributed by atoms with van der Waals surface area (Å²) < 4.78 is 13.8. The van der Waals surface area contributed by atoms with Gasteiger partial charge in [0.15, 0.2) is 8.32 Å². The molecular weight excluding hydrogens is 408 g/mol. The monoisotopic (exact) mass is 442 g/mol. The summed E-state index contributed by atoms with van der Waals surface area (Å²) in [4.78, 5) is 4.79. The van der Waals surface area contributed by atoms with Crippen molar-refractivity contribution in [2.75, 3.05) is 19.0 Å². The van der Waals surface area contributed by atoms with Crippen molar-refractivity contribution in [3.63, 3.8) is 0 Å². The number of rotatable bonds is 8. The molecule has 2 aromatic carbocycles. The molecule has 0 saturated carbocycles. The van der Waals surface area contributed by atoms with Crippen LogP contribution in [0.1, 0.15) is 34.1 Å². The van der Waals surface area contributed by atoms with Gasteiger partial charge >= 0.3 is 0 Å². The normalized spacial score (nSPS) is 13.4. The average Bonchev–Trinajstić information content (AvgIpc) is 3.13. The standard InChI is InChI=1S/C24H34N2O2SSi/c1-8-19(28-30(6,7)24(2,3)4)16-27-20-13-14-21-22(15-20)29-23(26-21)17-9-11-18(25-5)12-10-17/h9-15,19,25H,8,16H2,1-7H3/t19-/m0/s1. The summed E-state index contributed by atoms with van der Waals surface area (Å²) in [5.41, 5.74) is 3.23. The number of benzene rings is 2. The van der Waals surface area contributed by atoms with Gasteiger partial charge in [-0.25, -0.2) is 4.98 Å². The lowest BCUT2D eigenvalue weighted by Gasteiger charge is -2.39. The van der Waals surface area contributed by atoms with Crippen molar-refractivity contribution < 1.29 is 9.16 Å². The minimum atomic E-state index is -1.80. The first-order valence-electron chi connectivity index (χ1n) is 10.6. The van der Waals surface area contributed by atoms with E-state index in [4.69, 9.17) is 14.1 Å². The van der Waals surface area contributed by atoms with Crippen LogP contribution in [0.3, 0.4) is 0 Å². The maximum absolute atomic E-state index is 6.54. The molecule has 0 radical (unpaired) electrons. The van der Waals surface area contributed by atoms with Gasteiger partial charge < -0.3 is 14.5 Å². The molecule has 0 spiro atoms. The van der Waals surface area contributed by atoms with E-state index in [1.807, 2.05) is 19.2 Å². The van der Waals surface area contributed by atoms with E-state index in [9.17, 15) is 0 Å². The molecule has 0 amide bonds. The third kappa shape index (κ3) is 5.23. The zero-order valence-electron chi connectivity index (χ0n) is 19.2. The summed E-state index contributed by atoms with van der Waals surface area (Å²) in [5.74, 6) is 0.875. The van der Waals surface area contributed by atoms with Crippen LogP contribution in [0.5, 0.6) is 5.75 Å². The molecule has 0 bridgehead atoms. The van der Waals surface area contributed by atoms with E-state index in [-0.39, 0.29) is 11.1 Å². The maximum atomic E-state index is 6.54. The largest absolute Gasteiger partial charge is 0.491 e. The molecule has 0 aliphatic rings. The highest BCUT2D eigenvalue weighted by Crippen LogP contribution is 2.38. The van der Waals surface area contributed by atoms with Crippen molar-refractivity contribution in [1.82, 2.24) is 4.98 Å². The SMILES string of the molecule is CC[C@@H](COc1ccc2nc(-c3ccc(NC)cc3)sc2c1)O[Si](C)(C)C(C)(C)C. The van der Waals surface area contributed by atoms with E-state index in [1.54, 1.807) is 11.3 Å². The van der Waals surface area contributed by atoms with Crippen LogP contribution < -0.4 is 10.1 Å². The number of nitrogens with one attached hydrogen (secondary N) is 1. The van der Waals surface area contributed by atoms with Crippen LogP contribution >= 0.6 is 11.3 Å². The fourth-order valence-electron chi connectivity index (χ4n) is 2.92. The zero-order chi connectivity index (χ0) is 21.9. The first kappa shape index (κ1) is 22.8. The molecule has 0 aliphatic heterocycles. The summed E-state index contributed by atoms with van der Waals surface area (Å²) >= 11 is 1.70. The Hall–Kier alpha value is -1.89. The van der Waals surface area contributed by atoms with Crippen molar-refractivity contribution in [3.05, 3.63) is 42.5 Å². The summed E-state index contributed by atoms with van der Waals surface area (Å²) in [6.45, 7) is 14.1. The summed E-state index contributed by atoms with van der Waals surface area (Å²) in [6, 6.07) is 14.5. The van der Waals surface area contributed by atoms with Crippen LogP contribution in [-0.2, 0) is 4.43 Å². The van der Waals surface area contributed by atoms with Gasteiger partial charge in [0.25, 0.3) is 0 Å². The topological polar surface area (TPSA) is 43.4 Å². The van der Waals surface area contributed by atoms with Gasteiger partial charge in [-0.15, -0.1) is 11.3 Å². The van der Waals surface area contributed by atoms with Gasteiger partial charge in [0, 0.05) is 18.3 Å². The van der Waals surface area contributed by atoms with Gasteiger partial charge in [0.2, 0.25) is 0 Å². The Kier molecular flexibility index (Phi) is 6.90. The number of nitrogens with zero attached hydrogens (tertiary/aromatic N) is 1. The Balaban J connectivity index is 1.70. The molecule has 0 fully saturated rings. The summed E-state index contributed by atoms with van der Waals surface area (Å²) in [7, 11) is 0.121. The fourth-order valence-corrected chi connectivity index (χ4v) is 5.34. The number of fused-ring (bicyclic) bond motifs is 1. The lowest BCUT2D eigenvalue weighted by Crippen LogP contribution is -2.45. The van der Waals surface area contributed by atoms with Crippen LogP contribution in [0.25, 0.3) is 20.8 Å². The molecule has 0 aliphatic carbocycles. The van der Waals surface area contributed by atoms with Crippen LogP contribution in [0.2, 0.25) is 18.1 Å². The zero-order valence-corrected chi connectivity index (χ0v) is 21.0. The minimum Gasteiger partial charge on any atom is -0.491 e. The third-order valence-corrected chi connectivity index (χ3v) is 11.5. The molecule has 0 saturated heterocycles. The highest BCUT2D eigenvalue weighted by molar-refractivity contribution is 7.21. The predicted molar refractivity (Wildman–Crippen MR) is 132 cm³/mol. The van der Waals surface area contributed by atoms with Gasteiger partial charge in [-0.05, 0) is 67.0 Å². The number of hydrogen-bond donors (Lipinski definition) is 1. The molecule has 4 nitrogen and oxygen atoms in total. The van der Waals surface area contributed by atoms with Crippen LogP contribution in [-0.4, -0.2) is 33.1 Å². The van der Waals surface area contributed by atoms with Crippen LogP contribution in [0.4, 0.5) is 5.69 Å². The highest BCUT2D eigenvalue weighted by Gasteiger charge is 2.38. The minimum absolute atomic E-state index is 0.115. The average molecular weight is 443 g/mol. The first-order chi connectivity index (χ1) is 14.1. The van der Waals surface area contributed by atoms with E-state index in [1.165, 1.54) is 0 Å². The molecule has 3 rings (SSSR count). The quantitative estimate of drug-likeness (QED) is 0.375. The second-order valence-electron chi connectivity index (χ2n) is 9.20. The van der Waals surface area contributed by atoms with Gasteiger partial charge in [0.1, 0.15) is 17.4 Å². The predicted octanol–water partition coefficient (Wildman–Crippen LogP) is 7.18. The molecular formula is C24H34N2O2SSi. The lowest BCUT2D eigenvalue weighted by atomic mass is 10.2. The first-order valence-corrected chi connectivity index (χ1v) is 14.3. The molecule has 1 atom stereocenters. The maximum Gasteiger partial charge on any atom is 0.192 e. The number of aromatic nitrogens is 1. The van der Waals surface area contributed by atoms with Crippen molar-refractivity contribution in [2.45, 2.75) is 58.4 Å². The number of ether oxygens (including phenoxy) is 1. The molecule has 1 heterocycles. The third-order valence-electron chi connectivity index (χ3n) is 5.94.